The lowest BCUT2D eigenvalue weighted by atomic mass is 10.3. The highest BCUT2D eigenvalue weighted by Gasteiger charge is 2.20. The van der Waals surface area contributed by atoms with Crippen molar-refractivity contribution in [2.75, 3.05) is 39.3 Å². The summed E-state index contributed by atoms with van der Waals surface area (Å²) in [5.74, 6) is 2.05. The van der Waals surface area contributed by atoms with Crippen LogP contribution in [0.15, 0.2) is 11.3 Å². The molecule has 1 aromatic rings. The van der Waals surface area contributed by atoms with Crippen molar-refractivity contribution < 1.29 is 4.79 Å². The van der Waals surface area contributed by atoms with Crippen molar-refractivity contribution in [2.24, 2.45) is 4.99 Å². The third-order valence-corrected chi connectivity index (χ3v) is 3.97. The highest BCUT2D eigenvalue weighted by molar-refractivity contribution is 5.80. The predicted molar refractivity (Wildman–Crippen MR) is 89.2 cm³/mol. The molecule has 8 nitrogen and oxygen atoms in total. The van der Waals surface area contributed by atoms with Crippen LogP contribution in [0.2, 0.25) is 0 Å². The Hall–Kier alpha value is -2.12. The van der Waals surface area contributed by atoms with Crippen LogP contribution in [0.4, 0.5) is 0 Å². The zero-order chi connectivity index (χ0) is 16.7. The Morgan fingerprint density at radius 2 is 1.96 bits per heavy atom. The van der Waals surface area contributed by atoms with E-state index in [9.17, 15) is 4.79 Å². The summed E-state index contributed by atoms with van der Waals surface area (Å²) in [6.07, 6.45) is 2.63. The van der Waals surface area contributed by atoms with Crippen LogP contribution in [0.1, 0.15) is 26.6 Å². The maximum atomic E-state index is 11.4. The van der Waals surface area contributed by atoms with Crippen molar-refractivity contribution in [3.8, 4) is 0 Å². The number of carbonyl (C=O) groups is 1. The standard InChI is InChI=1S/C15H27N7O/c1-4-14-19-18-12-22(14)7-6-17-15(16-5-2)21-10-8-20(9-11-21)13(3)23/h12H,4-11H2,1-3H3,(H,16,17). The van der Waals surface area contributed by atoms with E-state index in [-0.39, 0.29) is 5.91 Å². The van der Waals surface area contributed by atoms with Crippen LogP contribution >= 0.6 is 0 Å². The molecular weight excluding hydrogens is 294 g/mol. The van der Waals surface area contributed by atoms with Crippen LogP contribution in [0, 0.1) is 0 Å². The highest BCUT2D eigenvalue weighted by Crippen LogP contribution is 2.03. The topological polar surface area (TPSA) is 78.7 Å². The van der Waals surface area contributed by atoms with Gasteiger partial charge < -0.3 is 19.7 Å². The molecule has 0 bridgehead atoms. The average molecular weight is 321 g/mol. The van der Waals surface area contributed by atoms with E-state index in [1.165, 1.54) is 0 Å². The van der Waals surface area contributed by atoms with E-state index in [1.807, 2.05) is 9.47 Å². The Balaban J connectivity index is 1.91. The molecule has 128 valence electrons. The Morgan fingerprint density at radius 3 is 2.57 bits per heavy atom. The van der Waals surface area contributed by atoms with Crippen molar-refractivity contribution in [1.82, 2.24) is 29.9 Å². The molecule has 1 aliphatic heterocycles. The second kappa shape index (κ2) is 8.50. The Labute approximate surface area is 137 Å². The molecule has 1 N–H and O–H groups in total. The van der Waals surface area contributed by atoms with Crippen molar-refractivity contribution in [2.45, 2.75) is 33.7 Å². The van der Waals surface area contributed by atoms with Gasteiger partial charge in [-0.2, -0.15) is 0 Å². The molecule has 0 saturated carbocycles. The fraction of sp³-hybridized carbons (Fsp3) is 0.733. The maximum Gasteiger partial charge on any atom is 0.219 e. The largest absolute Gasteiger partial charge is 0.357 e. The molecule has 8 heteroatoms. The molecule has 2 heterocycles. The number of nitrogens with zero attached hydrogens (tertiary/aromatic N) is 6. The number of nitrogens with one attached hydrogen (secondary N) is 1. The van der Waals surface area contributed by atoms with Gasteiger partial charge in [-0.3, -0.25) is 9.79 Å². The van der Waals surface area contributed by atoms with Crippen LogP contribution in [-0.4, -0.2) is 75.7 Å². The molecule has 23 heavy (non-hydrogen) atoms. The second-order valence-electron chi connectivity index (χ2n) is 5.52. The third kappa shape index (κ3) is 4.67. The van der Waals surface area contributed by atoms with Crippen LogP contribution in [0.3, 0.4) is 0 Å². The zero-order valence-corrected chi connectivity index (χ0v) is 14.3. The van der Waals surface area contributed by atoms with Gasteiger partial charge in [-0.05, 0) is 6.92 Å². The molecular formula is C15H27N7O. The summed E-state index contributed by atoms with van der Waals surface area (Å²) in [6.45, 7) is 11.2. The predicted octanol–water partition coefficient (Wildman–Crippen LogP) is -0.0299. The van der Waals surface area contributed by atoms with E-state index in [0.717, 1.165) is 57.5 Å². The number of guanidine groups is 1. The monoisotopic (exact) mass is 321 g/mol. The normalized spacial score (nSPS) is 15.9. The van der Waals surface area contributed by atoms with E-state index in [1.54, 1.807) is 13.3 Å². The van der Waals surface area contributed by atoms with Gasteiger partial charge in [-0.15, -0.1) is 10.2 Å². The van der Waals surface area contributed by atoms with Gasteiger partial charge in [-0.25, -0.2) is 0 Å². The number of hydrogen-bond acceptors (Lipinski definition) is 4. The molecule has 2 rings (SSSR count). The van der Waals surface area contributed by atoms with E-state index in [4.69, 9.17) is 4.99 Å². The number of aromatic nitrogens is 3. The van der Waals surface area contributed by atoms with E-state index in [0.29, 0.717) is 6.54 Å². The molecule has 0 radical (unpaired) electrons. The summed E-state index contributed by atoms with van der Waals surface area (Å²) in [6, 6.07) is 0. The quantitative estimate of drug-likeness (QED) is 0.609. The summed E-state index contributed by atoms with van der Waals surface area (Å²) < 4.78 is 2.04. The smallest absolute Gasteiger partial charge is 0.219 e. The number of amides is 1. The van der Waals surface area contributed by atoms with Gasteiger partial charge in [0, 0.05) is 52.6 Å². The van der Waals surface area contributed by atoms with Gasteiger partial charge in [0.2, 0.25) is 5.91 Å². The first-order valence-electron chi connectivity index (χ1n) is 8.31. The zero-order valence-electron chi connectivity index (χ0n) is 14.3. The van der Waals surface area contributed by atoms with Gasteiger partial charge in [0.25, 0.3) is 0 Å². The number of rotatable bonds is 5. The lowest BCUT2D eigenvalue weighted by molar-refractivity contribution is -0.130. The van der Waals surface area contributed by atoms with E-state index < -0.39 is 0 Å². The van der Waals surface area contributed by atoms with Crippen LogP contribution < -0.4 is 5.32 Å². The molecule has 1 fully saturated rings. The lowest BCUT2D eigenvalue weighted by Gasteiger charge is -2.36. The minimum absolute atomic E-state index is 0.145. The van der Waals surface area contributed by atoms with Crippen LogP contribution in [0.25, 0.3) is 0 Å². The summed E-state index contributed by atoms with van der Waals surface area (Å²) >= 11 is 0. The Kier molecular flexibility index (Phi) is 6.37. The summed E-state index contributed by atoms with van der Waals surface area (Å²) in [5, 5.41) is 11.4. The first-order valence-corrected chi connectivity index (χ1v) is 8.31. The van der Waals surface area contributed by atoms with Crippen molar-refractivity contribution >= 4 is 11.9 Å². The number of hydrogen-bond donors (Lipinski definition) is 1. The molecule has 0 aromatic carbocycles. The fourth-order valence-corrected chi connectivity index (χ4v) is 2.66. The van der Waals surface area contributed by atoms with Crippen molar-refractivity contribution in [3.63, 3.8) is 0 Å². The SMILES string of the molecule is CCNC(=NCCn1cnnc1CC)N1CCN(C(C)=O)CC1. The molecule has 1 aliphatic rings. The molecule has 0 aliphatic carbocycles. The van der Waals surface area contributed by atoms with Gasteiger partial charge >= 0.3 is 0 Å². The second-order valence-corrected chi connectivity index (χ2v) is 5.52. The van der Waals surface area contributed by atoms with Gasteiger partial charge in [0.15, 0.2) is 5.96 Å². The minimum Gasteiger partial charge on any atom is -0.357 e. The van der Waals surface area contributed by atoms with E-state index in [2.05, 4.69) is 34.3 Å². The average Bonchev–Trinajstić information content (AvgIpc) is 3.01. The summed E-state index contributed by atoms with van der Waals surface area (Å²) in [7, 11) is 0. The summed E-state index contributed by atoms with van der Waals surface area (Å²) in [5.41, 5.74) is 0. The Bertz CT molecular complexity index is 532. The van der Waals surface area contributed by atoms with Crippen molar-refractivity contribution in [1.29, 1.82) is 0 Å². The van der Waals surface area contributed by atoms with Crippen molar-refractivity contribution in [3.05, 3.63) is 12.2 Å². The maximum absolute atomic E-state index is 11.4. The summed E-state index contributed by atoms with van der Waals surface area (Å²) in [4.78, 5) is 20.2. The minimum atomic E-state index is 0.145. The third-order valence-electron chi connectivity index (χ3n) is 3.97. The fourth-order valence-electron chi connectivity index (χ4n) is 2.66. The Morgan fingerprint density at radius 1 is 1.26 bits per heavy atom. The number of aliphatic imine (C=N–C) groups is 1. The van der Waals surface area contributed by atoms with Gasteiger partial charge in [0.05, 0.1) is 6.54 Å². The van der Waals surface area contributed by atoms with Gasteiger partial charge in [0.1, 0.15) is 12.2 Å². The molecule has 0 atom stereocenters. The van der Waals surface area contributed by atoms with E-state index >= 15 is 0 Å². The highest BCUT2D eigenvalue weighted by atomic mass is 16.2. The number of aryl methyl sites for hydroxylation is 1. The first kappa shape index (κ1) is 17.2. The van der Waals surface area contributed by atoms with Crippen LogP contribution in [0.5, 0.6) is 0 Å². The number of carbonyl (C=O) groups excluding carboxylic acids is 1. The first-order chi connectivity index (χ1) is 11.2. The van der Waals surface area contributed by atoms with Gasteiger partial charge in [-0.1, -0.05) is 6.92 Å². The molecule has 1 amide bonds. The molecule has 1 saturated heterocycles. The molecule has 0 unspecified atom stereocenters. The molecule has 0 spiro atoms. The van der Waals surface area contributed by atoms with Crippen LogP contribution in [-0.2, 0) is 17.8 Å². The molecule has 1 aromatic heterocycles. The lowest BCUT2D eigenvalue weighted by Crippen LogP contribution is -2.53. The number of piperazine rings is 1.